The van der Waals surface area contributed by atoms with Crippen LogP contribution in [0.1, 0.15) is 99.5 Å². The summed E-state index contributed by atoms with van der Waals surface area (Å²) in [5.41, 5.74) is -0.944. The van der Waals surface area contributed by atoms with E-state index in [0.717, 1.165) is 6.92 Å². The SMILES string of the molecule is [B]Cc1cc(C[B])c(C[B])c(C(=O)OC23CC4CC(OC(=O)c5c(C[B])ccc(C[B])c5C[B])(C2)CC(C(=O)OC(C)C(F)(F)S(=O)O)(C4)C3)c1. The number of alkyl halides is 2. The van der Waals surface area contributed by atoms with Crippen molar-refractivity contribution in [3.05, 3.63) is 68.8 Å². The van der Waals surface area contributed by atoms with E-state index in [9.17, 15) is 31.9 Å². The van der Waals surface area contributed by atoms with Gasteiger partial charge in [-0.15, -0.1) is 0 Å². The lowest BCUT2D eigenvalue weighted by atomic mass is 9.46. The lowest BCUT2D eigenvalue weighted by Crippen LogP contribution is -2.67. The zero-order valence-corrected chi connectivity index (χ0v) is 29.2. The minimum absolute atomic E-state index is 0.0137. The minimum Gasteiger partial charge on any atom is -0.455 e. The van der Waals surface area contributed by atoms with Crippen molar-refractivity contribution in [2.45, 2.75) is 106 Å². The van der Waals surface area contributed by atoms with Crippen molar-refractivity contribution in [3.63, 3.8) is 0 Å². The molecule has 4 fully saturated rings. The third kappa shape index (κ3) is 7.27. The van der Waals surface area contributed by atoms with Crippen molar-refractivity contribution >= 4 is 76.1 Å². The van der Waals surface area contributed by atoms with Gasteiger partial charge in [0.15, 0.2) is 6.10 Å². The summed E-state index contributed by atoms with van der Waals surface area (Å²) in [6.45, 7) is 0.819. The van der Waals surface area contributed by atoms with Gasteiger partial charge in [0.25, 0.3) is 0 Å². The number of benzene rings is 2. The van der Waals surface area contributed by atoms with Gasteiger partial charge in [-0.05, 0) is 54.9 Å². The third-order valence-corrected chi connectivity index (χ3v) is 11.4. The normalized spacial score (nSPS) is 26.3. The number of hydrogen-bond acceptors (Lipinski definition) is 7. The molecule has 2 aromatic carbocycles. The molecule has 2 aromatic rings. The smallest absolute Gasteiger partial charge is 0.380 e. The first-order chi connectivity index (χ1) is 24.1. The Morgan fingerprint density at radius 3 is 1.92 bits per heavy atom. The van der Waals surface area contributed by atoms with Crippen LogP contribution in [0, 0.1) is 11.3 Å². The summed E-state index contributed by atoms with van der Waals surface area (Å²) in [5, 5.41) is -4.27. The van der Waals surface area contributed by atoms with E-state index in [-0.39, 0.29) is 93.5 Å². The fraction of sp³-hybridized carbons (Fsp3) is 0.559. The van der Waals surface area contributed by atoms with Gasteiger partial charge in [-0.1, -0.05) is 72.8 Å². The predicted molar refractivity (Wildman–Crippen MR) is 191 cm³/mol. The zero-order valence-electron chi connectivity index (χ0n) is 28.4. The second-order valence-electron chi connectivity index (χ2n) is 14.0. The van der Waals surface area contributed by atoms with Crippen LogP contribution in [0.4, 0.5) is 8.78 Å². The molecule has 0 aliphatic heterocycles. The molecule has 12 radical (unpaired) electrons. The van der Waals surface area contributed by atoms with Crippen molar-refractivity contribution < 1.29 is 46.1 Å². The molecule has 4 aliphatic carbocycles. The molecule has 0 spiro atoms. The minimum atomic E-state index is -4.27. The van der Waals surface area contributed by atoms with Crippen LogP contribution < -0.4 is 0 Å². The summed E-state index contributed by atoms with van der Waals surface area (Å²) < 4.78 is 67.6. The highest BCUT2D eigenvalue weighted by Gasteiger charge is 2.70. The number of hydrogen-bond donors (Lipinski definition) is 1. The molecule has 256 valence electrons. The van der Waals surface area contributed by atoms with E-state index < -0.39 is 57.0 Å². The zero-order chi connectivity index (χ0) is 37.5. The molecule has 6 atom stereocenters. The molecule has 17 heteroatoms. The van der Waals surface area contributed by atoms with E-state index in [0.29, 0.717) is 33.4 Å². The van der Waals surface area contributed by atoms with Gasteiger partial charge in [0.1, 0.15) is 11.2 Å². The first-order valence-electron chi connectivity index (χ1n) is 16.7. The van der Waals surface area contributed by atoms with Gasteiger partial charge >= 0.3 is 23.2 Å². The Morgan fingerprint density at radius 2 is 1.39 bits per heavy atom. The van der Waals surface area contributed by atoms with E-state index in [4.69, 9.17) is 61.3 Å². The lowest BCUT2D eigenvalue weighted by Gasteiger charge is -2.63. The van der Waals surface area contributed by atoms with Crippen molar-refractivity contribution in [1.29, 1.82) is 0 Å². The van der Waals surface area contributed by atoms with Crippen LogP contribution in [-0.2, 0) is 68.0 Å². The molecular formula is C34H34B6F2O8S. The van der Waals surface area contributed by atoms with Gasteiger partial charge in [0, 0.05) is 19.3 Å². The maximum atomic E-state index is 14.5. The third-order valence-electron chi connectivity index (χ3n) is 10.6. The van der Waals surface area contributed by atoms with Crippen LogP contribution in [0.3, 0.4) is 0 Å². The van der Waals surface area contributed by atoms with Gasteiger partial charge in [-0.3, -0.25) is 4.79 Å². The molecule has 4 bridgehead atoms. The van der Waals surface area contributed by atoms with Gasteiger partial charge in [0.05, 0.1) is 63.6 Å². The molecule has 4 aliphatic rings. The van der Waals surface area contributed by atoms with Gasteiger partial charge in [-0.2, -0.15) is 8.78 Å². The molecule has 6 unspecified atom stereocenters. The van der Waals surface area contributed by atoms with Crippen molar-refractivity contribution in [2.75, 3.05) is 0 Å². The molecule has 0 aromatic heterocycles. The van der Waals surface area contributed by atoms with E-state index >= 15 is 0 Å². The van der Waals surface area contributed by atoms with Gasteiger partial charge in [-0.25, -0.2) is 13.8 Å². The highest BCUT2D eigenvalue weighted by Crippen LogP contribution is 2.66. The highest BCUT2D eigenvalue weighted by atomic mass is 32.2. The second-order valence-corrected chi connectivity index (χ2v) is 15.1. The van der Waals surface area contributed by atoms with Crippen LogP contribution in [0.5, 0.6) is 0 Å². The average Bonchev–Trinajstić information content (AvgIpc) is 3.08. The Kier molecular flexibility index (Phi) is 11.5. The predicted octanol–water partition coefficient (Wildman–Crippen LogP) is 2.92. The second kappa shape index (κ2) is 14.9. The monoisotopic (exact) mass is 706 g/mol. The summed E-state index contributed by atoms with van der Waals surface area (Å²) in [7, 11) is 35.9. The van der Waals surface area contributed by atoms with E-state index in [2.05, 4.69) is 0 Å². The number of halogens is 2. The Balaban J connectivity index is 1.58. The first-order valence-corrected chi connectivity index (χ1v) is 17.8. The number of esters is 3. The number of rotatable bonds is 14. The van der Waals surface area contributed by atoms with Crippen LogP contribution in [-0.4, -0.2) is 96.3 Å². The average molecular weight is 706 g/mol. The molecule has 1 N–H and O–H groups in total. The Hall–Kier alpha value is -2.79. The topological polar surface area (TPSA) is 116 Å². The Labute approximate surface area is 307 Å². The van der Waals surface area contributed by atoms with Crippen molar-refractivity contribution in [2.24, 2.45) is 11.3 Å². The number of ether oxygens (including phenoxy) is 3. The maximum Gasteiger partial charge on any atom is 0.380 e. The van der Waals surface area contributed by atoms with E-state index in [1.165, 1.54) is 0 Å². The molecular weight excluding hydrogens is 671 g/mol. The maximum absolute atomic E-state index is 14.5. The first kappa shape index (κ1) is 39.4. The molecule has 6 rings (SSSR count). The lowest BCUT2D eigenvalue weighted by molar-refractivity contribution is -0.241. The van der Waals surface area contributed by atoms with Crippen LogP contribution in [0.25, 0.3) is 0 Å². The summed E-state index contributed by atoms with van der Waals surface area (Å²) >= 11 is -3.63. The Bertz CT molecular complexity index is 1750. The summed E-state index contributed by atoms with van der Waals surface area (Å²) in [6, 6.07) is 6.71. The van der Waals surface area contributed by atoms with Crippen LogP contribution in [0.15, 0.2) is 24.3 Å². The number of carbonyl (C=O) groups is 3. The summed E-state index contributed by atoms with van der Waals surface area (Å²) in [6.07, 6.45) is -1.70. The number of carbonyl (C=O) groups excluding carboxylic acids is 3. The van der Waals surface area contributed by atoms with Crippen molar-refractivity contribution in [1.82, 2.24) is 0 Å². The summed E-state index contributed by atoms with van der Waals surface area (Å²) in [4.78, 5) is 42.3. The molecule has 8 nitrogen and oxygen atoms in total. The van der Waals surface area contributed by atoms with Gasteiger partial charge < -0.3 is 18.8 Å². The summed E-state index contributed by atoms with van der Waals surface area (Å²) in [5.74, 6) is -3.00. The standard InChI is InChI=1S/C34H34B6F2O8S/c1-18(34(41,42)51(46)47)48-30(45)31-6-20-7-32(15-31,49-28(43)24-5-19(9-35)4-23(12-38)25(24)13-39)17-33(8-20,16-31)50-29(44)27-22(11-37)3-2-21(10-36)26(27)14-40/h2-5,18,20H,6-17H2,1H3,(H,46,47). The quantitative estimate of drug-likeness (QED) is 0.138. The van der Waals surface area contributed by atoms with Crippen molar-refractivity contribution in [3.8, 4) is 0 Å². The largest absolute Gasteiger partial charge is 0.455 e. The van der Waals surface area contributed by atoms with Crippen LogP contribution in [0.2, 0.25) is 0 Å². The van der Waals surface area contributed by atoms with E-state index in [1.807, 2.05) is 0 Å². The van der Waals surface area contributed by atoms with Crippen LogP contribution >= 0.6 is 0 Å². The van der Waals surface area contributed by atoms with E-state index in [1.54, 1.807) is 24.3 Å². The molecule has 51 heavy (non-hydrogen) atoms. The Morgan fingerprint density at radius 1 is 0.824 bits per heavy atom. The molecule has 0 heterocycles. The van der Waals surface area contributed by atoms with Gasteiger partial charge in [0.2, 0.25) is 11.1 Å². The fourth-order valence-corrected chi connectivity index (χ4v) is 9.15. The fourth-order valence-electron chi connectivity index (χ4n) is 8.82. The molecule has 0 amide bonds. The molecule has 4 saturated carbocycles. The highest BCUT2D eigenvalue weighted by molar-refractivity contribution is 7.80. The molecule has 0 saturated heterocycles.